The molecular formula is C18H22N2O5S. The molecule has 1 atom stereocenters. The van der Waals surface area contributed by atoms with Crippen LogP contribution in [0.15, 0.2) is 53.4 Å². The van der Waals surface area contributed by atoms with Crippen molar-refractivity contribution < 1.29 is 22.7 Å². The molecular weight excluding hydrogens is 356 g/mol. The molecule has 2 aromatic carbocycles. The van der Waals surface area contributed by atoms with E-state index in [0.717, 1.165) is 0 Å². The van der Waals surface area contributed by atoms with Crippen LogP contribution in [0.1, 0.15) is 6.92 Å². The fraction of sp³-hybridized carbons (Fsp3) is 0.278. The Labute approximate surface area is 153 Å². The van der Waals surface area contributed by atoms with Crippen LogP contribution in [-0.2, 0) is 19.4 Å². The minimum Gasteiger partial charge on any atom is -0.456 e. The maximum Gasteiger partial charge on any atom is 0.243 e. The van der Waals surface area contributed by atoms with Crippen LogP contribution in [0, 0.1) is 0 Å². The third-order valence-electron chi connectivity index (χ3n) is 3.60. The first-order valence-corrected chi connectivity index (χ1v) is 9.67. The number of benzene rings is 2. The molecule has 0 spiro atoms. The smallest absolute Gasteiger partial charge is 0.243 e. The van der Waals surface area contributed by atoms with Crippen molar-refractivity contribution in [3.05, 3.63) is 48.5 Å². The van der Waals surface area contributed by atoms with Crippen molar-refractivity contribution in [3.63, 3.8) is 0 Å². The molecule has 0 radical (unpaired) electrons. The first-order chi connectivity index (χ1) is 12.4. The minimum absolute atomic E-state index is 0.0138. The maximum atomic E-state index is 12.2. The van der Waals surface area contributed by atoms with E-state index >= 15 is 0 Å². The van der Waals surface area contributed by atoms with Gasteiger partial charge in [0.15, 0.2) is 9.84 Å². The van der Waals surface area contributed by atoms with E-state index in [9.17, 15) is 13.2 Å². The van der Waals surface area contributed by atoms with E-state index in [1.165, 1.54) is 13.2 Å². The van der Waals surface area contributed by atoms with Crippen molar-refractivity contribution in [2.24, 2.45) is 5.73 Å². The van der Waals surface area contributed by atoms with Crippen molar-refractivity contribution in [2.45, 2.75) is 17.9 Å². The van der Waals surface area contributed by atoms with E-state index < -0.39 is 15.9 Å². The molecule has 1 amide bonds. The van der Waals surface area contributed by atoms with Crippen LogP contribution in [0.3, 0.4) is 0 Å². The zero-order chi connectivity index (χ0) is 19.2. The Hall–Kier alpha value is -2.42. The van der Waals surface area contributed by atoms with Crippen LogP contribution in [0.5, 0.6) is 11.5 Å². The van der Waals surface area contributed by atoms with Gasteiger partial charge in [0, 0.05) is 12.8 Å². The summed E-state index contributed by atoms with van der Waals surface area (Å²) >= 11 is 0. The van der Waals surface area contributed by atoms with Crippen molar-refractivity contribution >= 4 is 21.4 Å². The zero-order valence-corrected chi connectivity index (χ0v) is 15.5. The van der Waals surface area contributed by atoms with Crippen LogP contribution in [0.2, 0.25) is 0 Å². The number of carbonyl (C=O) groups is 1. The Morgan fingerprint density at radius 3 is 2.42 bits per heavy atom. The van der Waals surface area contributed by atoms with Gasteiger partial charge in [-0.15, -0.1) is 0 Å². The van der Waals surface area contributed by atoms with Crippen LogP contribution in [-0.4, -0.2) is 39.8 Å². The highest BCUT2D eigenvalue weighted by Crippen LogP contribution is 2.29. The minimum atomic E-state index is -3.40. The number of carbonyl (C=O) groups excluding carboxylic acids is 1. The maximum absolute atomic E-state index is 12.2. The molecule has 0 bridgehead atoms. The molecule has 7 nitrogen and oxygen atoms in total. The van der Waals surface area contributed by atoms with Gasteiger partial charge in [-0.05, 0) is 36.4 Å². The number of hydrogen-bond acceptors (Lipinski definition) is 6. The molecule has 1 unspecified atom stereocenters. The summed E-state index contributed by atoms with van der Waals surface area (Å²) in [5.74, 6) is 0.330. The molecule has 0 saturated carbocycles. The Balaban J connectivity index is 2.12. The second kappa shape index (κ2) is 8.79. The lowest BCUT2D eigenvalue weighted by Crippen LogP contribution is -2.39. The lowest BCUT2D eigenvalue weighted by Gasteiger charge is -2.13. The fourth-order valence-corrected chi connectivity index (χ4v) is 3.18. The van der Waals surface area contributed by atoms with Crippen molar-refractivity contribution in [1.29, 1.82) is 0 Å². The summed E-state index contributed by atoms with van der Waals surface area (Å²) in [6.07, 6.45) is 0. The molecule has 2 rings (SSSR count). The third-order valence-corrected chi connectivity index (χ3v) is 5.36. The number of ether oxygens (including phenoxy) is 2. The molecule has 26 heavy (non-hydrogen) atoms. The predicted octanol–water partition coefficient (Wildman–Crippen LogP) is 2.18. The quantitative estimate of drug-likeness (QED) is 0.729. The average molecular weight is 378 g/mol. The topological polar surface area (TPSA) is 108 Å². The van der Waals surface area contributed by atoms with Gasteiger partial charge in [0.1, 0.15) is 22.4 Å². The SMILES string of the molecule is CCS(=O)(=O)c1ccccc1Oc1ccc(NC(=O)C(N)COC)cc1. The molecule has 0 heterocycles. The van der Waals surface area contributed by atoms with E-state index in [1.807, 2.05) is 0 Å². The van der Waals surface area contributed by atoms with Crippen molar-refractivity contribution in [3.8, 4) is 11.5 Å². The third kappa shape index (κ3) is 5.04. The summed E-state index contributed by atoms with van der Waals surface area (Å²) in [6, 6.07) is 12.3. The molecule has 2 aromatic rings. The van der Waals surface area contributed by atoms with Crippen LogP contribution in [0.4, 0.5) is 5.69 Å². The van der Waals surface area contributed by atoms with E-state index in [4.69, 9.17) is 15.2 Å². The predicted molar refractivity (Wildman–Crippen MR) is 99.2 cm³/mol. The molecule has 0 aliphatic heterocycles. The van der Waals surface area contributed by atoms with Gasteiger partial charge in [-0.25, -0.2) is 8.42 Å². The largest absolute Gasteiger partial charge is 0.456 e. The van der Waals surface area contributed by atoms with E-state index in [2.05, 4.69) is 5.32 Å². The molecule has 140 valence electrons. The number of methoxy groups -OCH3 is 1. The van der Waals surface area contributed by atoms with E-state index in [0.29, 0.717) is 11.4 Å². The van der Waals surface area contributed by atoms with Crippen LogP contribution in [0.25, 0.3) is 0 Å². The highest BCUT2D eigenvalue weighted by atomic mass is 32.2. The summed E-state index contributed by atoms with van der Waals surface area (Å²) < 4.78 is 34.9. The monoisotopic (exact) mass is 378 g/mol. The number of nitrogens with two attached hydrogens (primary N) is 1. The van der Waals surface area contributed by atoms with Gasteiger partial charge in [0.2, 0.25) is 5.91 Å². The summed E-state index contributed by atoms with van der Waals surface area (Å²) in [4.78, 5) is 12.0. The number of anilines is 1. The van der Waals surface area contributed by atoms with Gasteiger partial charge in [-0.2, -0.15) is 0 Å². The van der Waals surface area contributed by atoms with Crippen LogP contribution < -0.4 is 15.8 Å². The lowest BCUT2D eigenvalue weighted by atomic mass is 10.2. The summed E-state index contributed by atoms with van der Waals surface area (Å²) in [6.45, 7) is 1.70. The van der Waals surface area contributed by atoms with Gasteiger partial charge in [-0.3, -0.25) is 4.79 Å². The molecule has 0 fully saturated rings. The number of amides is 1. The standard InChI is InChI=1S/C18H22N2O5S/c1-3-26(22,23)17-7-5-4-6-16(17)25-14-10-8-13(9-11-14)20-18(21)15(19)12-24-2/h4-11,15H,3,12,19H2,1-2H3,(H,20,21). The number of sulfone groups is 1. The summed E-state index contributed by atoms with van der Waals surface area (Å²) in [5, 5.41) is 2.67. The molecule has 0 saturated heterocycles. The van der Waals surface area contributed by atoms with Gasteiger partial charge < -0.3 is 20.5 Å². The molecule has 0 aromatic heterocycles. The van der Waals surface area contributed by atoms with Crippen molar-refractivity contribution in [2.75, 3.05) is 24.8 Å². The second-order valence-electron chi connectivity index (χ2n) is 5.53. The summed E-state index contributed by atoms with van der Waals surface area (Å²) in [5.41, 5.74) is 6.20. The highest BCUT2D eigenvalue weighted by molar-refractivity contribution is 7.91. The Kier molecular flexibility index (Phi) is 6.73. The average Bonchev–Trinajstić information content (AvgIpc) is 2.64. The van der Waals surface area contributed by atoms with E-state index in [-0.39, 0.29) is 28.9 Å². The van der Waals surface area contributed by atoms with Gasteiger partial charge >= 0.3 is 0 Å². The zero-order valence-electron chi connectivity index (χ0n) is 14.6. The normalized spacial score (nSPS) is 12.4. The Morgan fingerprint density at radius 2 is 1.81 bits per heavy atom. The number of rotatable bonds is 8. The second-order valence-corrected chi connectivity index (χ2v) is 7.77. The van der Waals surface area contributed by atoms with Crippen molar-refractivity contribution in [1.82, 2.24) is 0 Å². The Morgan fingerprint density at radius 1 is 1.15 bits per heavy atom. The number of hydrogen-bond donors (Lipinski definition) is 2. The molecule has 3 N–H and O–H groups in total. The fourth-order valence-electron chi connectivity index (χ4n) is 2.17. The molecule has 0 aliphatic rings. The summed E-state index contributed by atoms with van der Waals surface area (Å²) in [7, 11) is -1.93. The first-order valence-electron chi connectivity index (χ1n) is 8.02. The molecule has 0 aliphatic carbocycles. The van der Waals surface area contributed by atoms with E-state index in [1.54, 1.807) is 49.4 Å². The Bertz CT molecular complexity index is 850. The van der Waals surface area contributed by atoms with Gasteiger partial charge in [-0.1, -0.05) is 19.1 Å². The van der Waals surface area contributed by atoms with Gasteiger partial charge in [0.25, 0.3) is 0 Å². The number of para-hydroxylation sites is 1. The van der Waals surface area contributed by atoms with Gasteiger partial charge in [0.05, 0.1) is 12.4 Å². The molecule has 8 heteroatoms. The van der Waals surface area contributed by atoms with Crippen LogP contribution >= 0.6 is 0 Å². The number of nitrogens with one attached hydrogen (secondary N) is 1. The highest BCUT2D eigenvalue weighted by Gasteiger charge is 2.18. The lowest BCUT2D eigenvalue weighted by molar-refractivity contribution is -0.118. The first kappa shape index (κ1) is 19.9.